The van der Waals surface area contributed by atoms with Crippen LogP contribution in [0.2, 0.25) is 0 Å². The van der Waals surface area contributed by atoms with E-state index in [2.05, 4.69) is 15.5 Å². The Morgan fingerprint density at radius 3 is 2.65 bits per heavy atom. The third-order valence-electron chi connectivity index (χ3n) is 4.89. The first-order chi connectivity index (χ1) is 16.1. The minimum Gasteiger partial charge on any atom is -0.462 e. The molecule has 0 fully saturated rings. The zero-order chi connectivity index (χ0) is 25.0. The molecule has 3 aromatic rings. The first kappa shape index (κ1) is 25.2. The summed E-state index contributed by atoms with van der Waals surface area (Å²) in [5, 5.41) is 12.0. The number of anilines is 2. The molecule has 0 aliphatic carbocycles. The Hall–Kier alpha value is -3.38. The number of thioether (sulfide) groups is 1. The van der Waals surface area contributed by atoms with Gasteiger partial charge in [-0.2, -0.15) is 0 Å². The fraction of sp³-hybridized carbons (Fsp3) is 0.318. The van der Waals surface area contributed by atoms with Crippen molar-refractivity contribution in [2.75, 3.05) is 36.7 Å². The van der Waals surface area contributed by atoms with Crippen molar-refractivity contribution in [3.05, 3.63) is 40.3 Å². The molecule has 2 amide bonds. The summed E-state index contributed by atoms with van der Waals surface area (Å²) < 4.78 is 6.89. The van der Waals surface area contributed by atoms with Gasteiger partial charge in [-0.3, -0.25) is 9.59 Å². The lowest BCUT2D eigenvalue weighted by atomic mass is 10.1. The summed E-state index contributed by atoms with van der Waals surface area (Å²) in [5.74, 6) is -0.963. The van der Waals surface area contributed by atoms with Crippen LogP contribution in [-0.4, -0.2) is 59.0 Å². The molecule has 0 atom stereocenters. The maximum Gasteiger partial charge on any atom is 0.341 e. The van der Waals surface area contributed by atoms with E-state index in [-0.39, 0.29) is 33.7 Å². The minimum atomic E-state index is -0.673. The fourth-order valence-electron chi connectivity index (χ4n) is 3.19. The smallest absolute Gasteiger partial charge is 0.341 e. The van der Waals surface area contributed by atoms with Gasteiger partial charge in [-0.1, -0.05) is 23.9 Å². The van der Waals surface area contributed by atoms with Gasteiger partial charge in [-0.05, 0) is 31.5 Å². The number of rotatable bonds is 9. The van der Waals surface area contributed by atoms with Gasteiger partial charge in [0.1, 0.15) is 5.00 Å². The predicted octanol–water partition coefficient (Wildman–Crippen LogP) is 2.92. The van der Waals surface area contributed by atoms with Gasteiger partial charge in [0.2, 0.25) is 5.91 Å². The normalized spacial score (nSPS) is 10.7. The van der Waals surface area contributed by atoms with Crippen LogP contribution in [-0.2, 0) is 16.6 Å². The zero-order valence-electron chi connectivity index (χ0n) is 19.5. The van der Waals surface area contributed by atoms with Gasteiger partial charge >= 0.3 is 5.97 Å². The van der Waals surface area contributed by atoms with Gasteiger partial charge in [0.15, 0.2) is 11.0 Å². The zero-order valence-corrected chi connectivity index (χ0v) is 21.2. The Morgan fingerprint density at radius 1 is 1.26 bits per heavy atom. The molecular weight excluding hydrogens is 476 g/mol. The predicted molar refractivity (Wildman–Crippen MR) is 134 cm³/mol. The summed E-state index contributed by atoms with van der Waals surface area (Å²) in [4.78, 5) is 39.0. The molecule has 0 aliphatic rings. The summed E-state index contributed by atoms with van der Waals surface area (Å²) in [5.41, 5.74) is 7.88. The van der Waals surface area contributed by atoms with Gasteiger partial charge in [-0.15, -0.1) is 21.5 Å². The van der Waals surface area contributed by atoms with E-state index in [9.17, 15) is 14.4 Å². The van der Waals surface area contributed by atoms with Gasteiger partial charge in [0.25, 0.3) is 5.91 Å². The summed E-state index contributed by atoms with van der Waals surface area (Å²) in [6.07, 6.45) is 0. The third-order valence-corrected chi connectivity index (χ3v) is 7.13. The second-order valence-corrected chi connectivity index (χ2v) is 9.45. The number of primary amides is 1. The largest absolute Gasteiger partial charge is 0.462 e. The number of nitrogens with one attached hydrogen (secondary N) is 1. The molecule has 34 heavy (non-hydrogen) atoms. The molecule has 0 aliphatic heterocycles. The highest BCUT2D eigenvalue weighted by molar-refractivity contribution is 7.99. The lowest BCUT2D eigenvalue weighted by Gasteiger charge is -2.13. The van der Waals surface area contributed by atoms with Crippen molar-refractivity contribution in [3.8, 4) is 11.4 Å². The average Bonchev–Trinajstić information content (AvgIpc) is 3.31. The molecule has 10 nitrogen and oxygen atoms in total. The third kappa shape index (κ3) is 5.39. The molecule has 2 aromatic heterocycles. The van der Waals surface area contributed by atoms with E-state index in [1.54, 1.807) is 13.8 Å². The molecule has 0 unspecified atom stereocenters. The summed E-state index contributed by atoms with van der Waals surface area (Å²) in [6.45, 7) is 3.43. The van der Waals surface area contributed by atoms with Crippen molar-refractivity contribution in [1.29, 1.82) is 0 Å². The highest BCUT2D eigenvalue weighted by Crippen LogP contribution is 2.34. The Labute approximate surface area is 205 Å². The van der Waals surface area contributed by atoms with Crippen LogP contribution in [0, 0.1) is 6.92 Å². The van der Waals surface area contributed by atoms with Crippen molar-refractivity contribution in [2.45, 2.75) is 19.0 Å². The van der Waals surface area contributed by atoms with E-state index >= 15 is 0 Å². The van der Waals surface area contributed by atoms with Crippen LogP contribution in [0.5, 0.6) is 0 Å². The van der Waals surface area contributed by atoms with E-state index in [0.717, 1.165) is 22.6 Å². The Balaban J connectivity index is 1.74. The molecule has 3 rings (SSSR count). The van der Waals surface area contributed by atoms with Crippen molar-refractivity contribution >= 4 is 51.6 Å². The minimum absolute atomic E-state index is 0.0226. The van der Waals surface area contributed by atoms with Crippen LogP contribution >= 0.6 is 23.1 Å². The molecule has 0 spiro atoms. The molecule has 0 radical (unpaired) electrons. The van der Waals surface area contributed by atoms with Crippen molar-refractivity contribution in [2.24, 2.45) is 12.8 Å². The van der Waals surface area contributed by atoms with E-state index < -0.39 is 11.9 Å². The van der Waals surface area contributed by atoms with E-state index in [1.807, 2.05) is 54.9 Å². The van der Waals surface area contributed by atoms with Crippen LogP contribution in [0.4, 0.5) is 10.7 Å². The highest BCUT2D eigenvalue weighted by atomic mass is 32.2. The lowest BCUT2D eigenvalue weighted by Crippen LogP contribution is -2.17. The maximum atomic E-state index is 12.7. The van der Waals surface area contributed by atoms with E-state index in [4.69, 9.17) is 10.5 Å². The Kier molecular flexibility index (Phi) is 7.94. The first-order valence-electron chi connectivity index (χ1n) is 10.3. The lowest BCUT2D eigenvalue weighted by molar-refractivity contribution is -0.113. The van der Waals surface area contributed by atoms with Gasteiger partial charge in [0.05, 0.1) is 22.8 Å². The van der Waals surface area contributed by atoms with E-state index in [0.29, 0.717) is 16.5 Å². The average molecular weight is 503 g/mol. The first-order valence-corrected chi connectivity index (χ1v) is 12.1. The molecule has 3 N–H and O–H groups in total. The van der Waals surface area contributed by atoms with E-state index in [1.165, 1.54) is 11.8 Å². The van der Waals surface area contributed by atoms with Gasteiger partial charge < -0.3 is 25.3 Å². The van der Waals surface area contributed by atoms with Gasteiger partial charge in [-0.25, -0.2) is 4.79 Å². The molecular formula is C22H26N6O4S2. The molecule has 0 bridgehead atoms. The van der Waals surface area contributed by atoms with Crippen molar-refractivity contribution < 1.29 is 19.1 Å². The summed E-state index contributed by atoms with van der Waals surface area (Å²) in [6, 6.07) is 7.91. The number of thiophene rings is 1. The number of hydrogen-bond acceptors (Lipinski definition) is 9. The number of nitrogens with zero attached hydrogens (tertiary/aromatic N) is 4. The van der Waals surface area contributed by atoms with Crippen LogP contribution < -0.4 is 16.0 Å². The molecule has 0 saturated heterocycles. The number of carbonyl (C=O) groups is 3. The highest BCUT2D eigenvalue weighted by Gasteiger charge is 2.26. The molecule has 12 heteroatoms. The number of aromatic nitrogens is 3. The second-order valence-electron chi connectivity index (χ2n) is 7.49. The quantitative estimate of drug-likeness (QED) is 0.337. The fourth-order valence-corrected chi connectivity index (χ4v) is 4.97. The number of amides is 2. The summed E-state index contributed by atoms with van der Waals surface area (Å²) >= 11 is 2.16. The molecule has 2 heterocycles. The van der Waals surface area contributed by atoms with Crippen LogP contribution in [0.1, 0.15) is 32.5 Å². The van der Waals surface area contributed by atoms with Crippen LogP contribution in [0.3, 0.4) is 0 Å². The number of esters is 1. The number of nitrogens with two attached hydrogens (primary N) is 1. The molecule has 1 aromatic carbocycles. The Morgan fingerprint density at radius 2 is 2.00 bits per heavy atom. The topological polar surface area (TPSA) is 132 Å². The van der Waals surface area contributed by atoms with Gasteiger partial charge in [0, 0.05) is 32.4 Å². The number of carbonyl (C=O) groups excluding carboxylic acids is 3. The SMILES string of the molecule is CCOC(=O)c1c(NC(=O)CSc2nnc(-c3cccc(N(C)C)c3)n2C)sc(C(N)=O)c1C. The number of benzene rings is 1. The van der Waals surface area contributed by atoms with Crippen LogP contribution in [0.25, 0.3) is 11.4 Å². The summed E-state index contributed by atoms with van der Waals surface area (Å²) in [7, 11) is 5.76. The monoisotopic (exact) mass is 502 g/mol. The standard InChI is InChI=1S/C22H26N6O4S2/c1-6-32-21(31)16-12(2)17(18(23)30)34-20(16)24-15(29)11-33-22-26-25-19(28(22)5)13-8-7-9-14(10-13)27(3)4/h7-10H,6,11H2,1-5H3,(H2,23,30)(H,24,29). The van der Waals surface area contributed by atoms with Crippen molar-refractivity contribution in [3.63, 3.8) is 0 Å². The molecule has 180 valence electrons. The second kappa shape index (κ2) is 10.7. The number of ether oxygens (including phenoxy) is 1. The number of hydrogen-bond donors (Lipinski definition) is 2. The maximum absolute atomic E-state index is 12.7. The Bertz CT molecular complexity index is 1230. The van der Waals surface area contributed by atoms with Crippen LogP contribution in [0.15, 0.2) is 29.4 Å². The van der Waals surface area contributed by atoms with Crippen molar-refractivity contribution in [1.82, 2.24) is 14.8 Å². The molecule has 0 saturated carbocycles.